The molecule has 3 heterocycles. The van der Waals surface area contributed by atoms with Gasteiger partial charge in [0, 0.05) is 23.9 Å². The van der Waals surface area contributed by atoms with Crippen LogP contribution in [0, 0.1) is 0 Å². The molecule has 0 radical (unpaired) electrons. The highest BCUT2D eigenvalue weighted by molar-refractivity contribution is 5.89. The Bertz CT molecular complexity index is 663. The number of nitrogens with zero attached hydrogens (tertiary/aromatic N) is 3. The third-order valence-electron chi connectivity index (χ3n) is 3.95. The van der Waals surface area contributed by atoms with Crippen molar-refractivity contribution in [2.24, 2.45) is 0 Å². The summed E-state index contributed by atoms with van der Waals surface area (Å²) in [6.07, 6.45) is 3.64. The first-order chi connectivity index (χ1) is 9.63. The lowest BCUT2D eigenvalue weighted by atomic mass is 9.87. The van der Waals surface area contributed by atoms with Crippen molar-refractivity contribution in [2.75, 3.05) is 6.61 Å². The van der Waals surface area contributed by atoms with E-state index in [-0.39, 0.29) is 12.0 Å². The van der Waals surface area contributed by atoms with E-state index in [0.29, 0.717) is 18.2 Å². The van der Waals surface area contributed by atoms with Crippen molar-refractivity contribution in [2.45, 2.75) is 32.7 Å². The zero-order valence-electron chi connectivity index (χ0n) is 11.8. The van der Waals surface area contributed by atoms with E-state index in [4.69, 9.17) is 4.74 Å². The van der Waals surface area contributed by atoms with Crippen LogP contribution in [-0.2, 0) is 4.74 Å². The molecule has 1 aliphatic heterocycles. The van der Waals surface area contributed by atoms with Crippen LogP contribution in [0.1, 0.15) is 48.8 Å². The second-order valence-corrected chi connectivity index (χ2v) is 5.07. The van der Waals surface area contributed by atoms with Gasteiger partial charge in [0.1, 0.15) is 0 Å². The molecular formula is C15H17N3O2. The molecule has 5 heteroatoms. The number of hydrogen-bond donors (Lipinski definition) is 0. The predicted octanol–water partition coefficient (Wildman–Crippen LogP) is 2.80. The number of carbonyl (C=O) groups excluding carboxylic acids is 1. The van der Waals surface area contributed by atoms with E-state index in [1.807, 2.05) is 16.9 Å². The van der Waals surface area contributed by atoms with Gasteiger partial charge in [-0.15, -0.1) is 0 Å². The summed E-state index contributed by atoms with van der Waals surface area (Å²) in [4.78, 5) is 16.0. The fourth-order valence-electron chi connectivity index (χ4n) is 2.70. The van der Waals surface area contributed by atoms with Crippen LogP contribution >= 0.6 is 0 Å². The molecule has 0 amide bonds. The topological polar surface area (TPSA) is 57.0 Å². The molecule has 0 aromatic carbocycles. The Morgan fingerprint density at radius 3 is 3.00 bits per heavy atom. The lowest BCUT2D eigenvalue weighted by Gasteiger charge is -2.29. The van der Waals surface area contributed by atoms with Crippen LogP contribution in [-0.4, -0.2) is 27.3 Å². The number of esters is 1. The first-order valence-corrected chi connectivity index (χ1v) is 6.84. The lowest BCUT2D eigenvalue weighted by molar-refractivity contribution is 0.0518. The molecule has 3 rings (SSSR count). The van der Waals surface area contributed by atoms with Crippen LogP contribution in [0.3, 0.4) is 0 Å². The Labute approximate surface area is 117 Å². The molecule has 0 N–H and O–H groups in total. The molecule has 0 bridgehead atoms. The highest BCUT2D eigenvalue weighted by Gasteiger charge is 2.30. The van der Waals surface area contributed by atoms with Crippen LogP contribution in [0.25, 0.3) is 11.3 Å². The maximum Gasteiger partial charge on any atom is 0.358 e. The van der Waals surface area contributed by atoms with Crippen molar-refractivity contribution in [1.29, 1.82) is 0 Å². The van der Waals surface area contributed by atoms with E-state index in [0.717, 1.165) is 11.3 Å². The van der Waals surface area contributed by atoms with Crippen LogP contribution in [0.2, 0.25) is 0 Å². The van der Waals surface area contributed by atoms with Gasteiger partial charge in [-0.3, -0.25) is 9.67 Å². The van der Waals surface area contributed by atoms with Gasteiger partial charge in [-0.05, 0) is 31.5 Å². The van der Waals surface area contributed by atoms with E-state index in [1.54, 1.807) is 19.2 Å². The lowest BCUT2D eigenvalue weighted by Crippen LogP contribution is -2.21. The number of hydrogen-bond acceptors (Lipinski definition) is 4. The second-order valence-electron chi connectivity index (χ2n) is 5.07. The van der Waals surface area contributed by atoms with Crippen LogP contribution < -0.4 is 0 Å². The van der Waals surface area contributed by atoms with Gasteiger partial charge in [0.2, 0.25) is 0 Å². The zero-order valence-corrected chi connectivity index (χ0v) is 11.8. The minimum Gasteiger partial charge on any atom is -0.461 e. The number of fused-ring (bicyclic) bond motifs is 3. The molecule has 0 fully saturated rings. The Hall–Kier alpha value is -2.17. The summed E-state index contributed by atoms with van der Waals surface area (Å²) in [7, 11) is 0. The van der Waals surface area contributed by atoms with Gasteiger partial charge in [-0.2, -0.15) is 5.10 Å². The van der Waals surface area contributed by atoms with Crippen molar-refractivity contribution in [3.63, 3.8) is 0 Å². The molecule has 0 saturated carbocycles. The largest absolute Gasteiger partial charge is 0.461 e. The van der Waals surface area contributed by atoms with Gasteiger partial charge >= 0.3 is 5.97 Å². The summed E-state index contributed by atoms with van der Waals surface area (Å²) in [6, 6.07) is 4.03. The molecule has 1 aliphatic rings. The Morgan fingerprint density at radius 2 is 2.25 bits per heavy atom. The molecule has 2 aromatic heterocycles. The third-order valence-corrected chi connectivity index (χ3v) is 3.95. The van der Waals surface area contributed by atoms with E-state index < -0.39 is 0 Å². The van der Waals surface area contributed by atoms with Crippen molar-refractivity contribution in [1.82, 2.24) is 14.8 Å². The minimum atomic E-state index is -0.375. The second kappa shape index (κ2) is 4.74. The van der Waals surface area contributed by atoms with E-state index in [9.17, 15) is 4.79 Å². The monoisotopic (exact) mass is 271 g/mol. The fraction of sp³-hybridized carbons (Fsp3) is 0.400. The average Bonchev–Trinajstić information content (AvgIpc) is 2.90. The van der Waals surface area contributed by atoms with E-state index >= 15 is 0 Å². The van der Waals surface area contributed by atoms with E-state index in [1.165, 1.54) is 5.56 Å². The predicted molar refractivity (Wildman–Crippen MR) is 74.5 cm³/mol. The molecule has 5 nitrogen and oxygen atoms in total. The normalized spacial score (nSPS) is 20.1. The summed E-state index contributed by atoms with van der Waals surface area (Å²) >= 11 is 0. The number of aromatic nitrogens is 3. The summed E-state index contributed by atoms with van der Waals surface area (Å²) in [5.74, 6) is -0.0462. The van der Waals surface area contributed by atoms with Gasteiger partial charge in [-0.1, -0.05) is 6.92 Å². The van der Waals surface area contributed by atoms with Gasteiger partial charge in [0.25, 0.3) is 0 Å². The number of carbonyl (C=O) groups is 1. The molecule has 2 atom stereocenters. The summed E-state index contributed by atoms with van der Waals surface area (Å²) < 4.78 is 6.93. The van der Waals surface area contributed by atoms with Gasteiger partial charge in [-0.25, -0.2) is 4.79 Å². The Morgan fingerprint density at radius 1 is 1.45 bits per heavy atom. The van der Waals surface area contributed by atoms with Crippen molar-refractivity contribution < 1.29 is 9.53 Å². The maximum atomic E-state index is 11.8. The van der Waals surface area contributed by atoms with Crippen LogP contribution in [0.4, 0.5) is 0 Å². The van der Waals surface area contributed by atoms with E-state index in [2.05, 4.69) is 23.9 Å². The van der Waals surface area contributed by atoms with Crippen molar-refractivity contribution in [3.8, 4) is 11.3 Å². The molecule has 0 saturated heterocycles. The first-order valence-electron chi connectivity index (χ1n) is 6.84. The summed E-state index contributed by atoms with van der Waals surface area (Å²) in [5.41, 5.74) is 3.58. The highest BCUT2D eigenvalue weighted by Crippen LogP contribution is 2.41. The first kappa shape index (κ1) is 12.8. The van der Waals surface area contributed by atoms with Gasteiger partial charge in [0.05, 0.1) is 18.3 Å². The standard InChI is InChI=1S/C15H17N3O2/c1-4-20-15(19)13-7-14-12-8-16-6-5-11(12)9(2)10(3)18(14)17-13/h5-10H,4H2,1-3H3. The molecule has 2 aromatic rings. The quantitative estimate of drug-likeness (QED) is 0.788. The zero-order chi connectivity index (χ0) is 14.3. The maximum absolute atomic E-state index is 11.8. The summed E-state index contributed by atoms with van der Waals surface area (Å²) in [5, 5.41) is 4.41. The number of rotatable bonds is 2. The summed E-state index contributed by atoms with van der Waals surface area (Å²) in [6.45, 7) is 6.42. The molecular weight excluding hydrogens is 254 g/mol. The van der Waals surface area contributed by atoms with Crippen LogP contribution in [0.5, 0.6) is 0 Å². The average molecular weight is 271 g/mol. The number of pyridine rings is 1. The molecule has 20 heavy (non-hydrogen) atoms. The van der Waals surface area contributed by atoms with Crippen molar-refractivity contribution in [3.05, 3.63) is 35.8 Å². The molecule has 0 spiro atoms. The minimum absolute atomic E-state index is 0.197. The smallest absolute Gasteiger partial charge is 0.358 e. The fourth-order valence-corrected chi connectivity index (χ4v) is 2.70. The molecule has 104 valence electrons. The molecule has 0 aliphatic carbocycles. The third kappa shape index (κ3) is 1.81. The van der Waals surface area contributed by atoms with Gasteiger partial charge < -0.3 is 4.74 Å². The Balaban J connectivity index is 2.13. The number of ether oxygens (including phenoxy) is 1. The Kier molecular flexibility index (Phi) is 3.04. The SMILES string of the molecule is CCOC(=O)c1cc2n(n1)C(C)C(C)c1ccncc1-2. The van der Waals surface area contributed by atoms with Crippen molar-refractivity contribution >= 4 is 5.97 Å². The van der Waals surface area contributed by atoms with Gasteiger partial charge in [0.15, 0.2) is 5.69 Å². The highest BCUT2D eigenvalue weighted by atomic mass is 16.5. The molecule has 2 unspecified atom stereocenters. The van der Waals surface area contributed by atoms with Crippen LogP contribution in [0.15, 0.2) is 24.5 Å².